The van der Waals surface area contributed by atoms with Crippen LogP contribution in [0, 0.1) is 5.92 Å². The standard InChI is InChI=1S/C17H27N3O3/c1-22-12-15-18-17(19-23-15)14-8-5-9-20(11-14)16(21)10-13-6-3-2-4-7-13/h13-14H,2-12H2,1H3. The van der Waals surface area contributed by atoms with E-state index < -0.39 is 0 Å². The normalized spacial score (nSPS) is 23.2. The van der Waals surface area contributed by atoms with E-state index in [0.717, 1.165) is 25.9 Å². The number of piperidine rings is 1. The first kappa shape index (κ1) is 16.4. The van der Waals surface area contributed by atoms with E-state index in [-0.39, 0.29) is 5.92 Å². The molecule has 1 amide bonds. The van der Waals surface area contributed by atoms with Crippen molar-refractivity contribution in [3.05, 3.63) is 11.7 Å². The summed E-state index contributed by atoms with van der Waals surface area (Å²) < 4.78 is 10.2. The lowest BCUT2D eigenvalue weighted by Gasteiger charge is -2.33. The van der Waals surface area contributed by atoms with Crippen molar-refractivity contribution in [3.63, 3.8) is 0 Å². The number of carbonyl (C=O) groups excluding carboxylic acids is 1. The van der Waals surface area contributed by atoms with Gasteiger partial charge in [0.1, 0.15) is 6.61 Å². The van der Waals surface area contributed by atoms with Gasteiger partial charge in [-0.05, 0) is 31.6 Å². The molecule has 1 unspecified atom stereocenters. The quantitative estimate of drug-likeness (QED) is 0.834. The lowest BCUT2D eigenvalue weighted by molar-refractivity contribution is -0.133. The van der Waals surface area contributed by atoms with Crippen LogP contribution < -0.4 is 0 Å². The van der Waals surface area contributed by atoms with E-state index >= 15 is 0 Å². The van der Waals surface area contributed by atoms with Gasteiger partial charge in [0, 0.05) is 32.5 Å². The molecule has 0 N–H and O–H groups in total. The van der Waals surface area contributed by atoms with Gasteiger partial charge in [0.15, 0.2) is 5.82 Å². The lowest BCUT2D eigenvalue weighted by Crippen LogP contribution is -2.40. The number of aromatic nitrogens is 2. The van der Waals surface area contributed by atoms with Gasteiger partial charge in [0.2, 0.25) is 5.91 Å². The average Bonchev–Trinajstić information content (AvgIpc) is 3.05. The van der Waals surface area contributed by atoms with E-state index in [1.807, 2.05) is 4.90 Å². The predicted octanol–water partition coefficient (Wildman–Crippen LogP) is 2.89. The molecule has 2 aliphatic rings. The van der Waals surface area contributed by atoms with Crippen molar-refractivity contribution < 1.29 is 14.1 Å². The summed E-state index contributed by atoms with van der Waals surface area (Å²) in [4.78, 5) is 19.0. The number of rotatable bonds is 5. The summed E-state index contributed by atoms with van der Waals surface area (Å²) in [6, 6.07) is 0. The van der Waals surface area contributed by atoms with Crippen molar-refractivity contribution in [2.24, 2.45) is 5.92 Å². The van der Waals surface area contributed by atoms with Gasteiger partial charge in [-0.25, -0.2) is 0 Å². The number of likely N-dealkylation sites (tertiary alicyclic amines) is 1. The molecule has 1 aliphatic carbocycles. The molecule has 2 heterocycles. The fraction of sp³-hybridized carbons (Fsp3) is 0.824. The fourth-order valence-electron chi connectivity index (χ4n) is 3.80. The van der Waals surface area contributed by atoms with Crippen LogP contribution in [0.3, 0.4) is 0 Å². The number of hydrogen-bond acceptors (Lipinski definition) is 5. The summed E-state index contributed by atoms with van der Waals surface area (Å²) in [5.41, 5.74) is 0. The minimum absolute atomic E-state index is 0.188. The second-order valence-electron chi connectivity index (χ2n) is 6.87. The van der Waals surface area contributed by atoms with Gasteiger partial charge in [-0.3, -0.25) is 4.79 Å². The molecule has 1 atom stereocenters. The zero-order valence-corrected chi connectivity index (χ0v) is 14.0. The second-order valence-corrected chi connectivity index (χ2v) is 6.87. The Morgan fingerprint density at radius 3 is 2.87 bits per heavy atom. The summed E-state index contributed by atoms with van der Waals surface area (Å²) in [6.07, 6.45) is 9.07. The van der Waals surface area contributed by atoms with Crippen LogP contribution in [-0.4, -0.2) is 41.1 Å². The third kappa shape index (κ3) is 4.31. The van der Waals surface area contributed by atoms with E-state index in [2.05, 4.69) is 10.1 Å². The SMILES string of the molecule is COCc1nc(C2CCCN(C(=O)CC3CCCCC3)C2)no1. The van der Waals surface area contributed by atoms with Gasteiger partial charge >= 0.3 is 0 Å². The maximum atomic E-state index is 12.6. The Morgan fingerprint density at radius 1 is 1.26 bits per heavy atom. The number of hydrogen-bond donors (Lipinski definition) is 0. The molecule has 6 nitrogen and oxygen atoms in total. The highest BCUT2D eigenvalue weighted by molar-refractivity contribution is 5.76. The molecule has 0 radical (unpaired) electrons. The lowest BCUT2D eigenvalue weighted by atomic mass is 9.86. The Hall–Kier alpha value is -1.43. The Morgan fingerprint density at radius 2 is 2.09 bits per heavy atom. The highest BCUT2D eigenvalue weighted by Crippen LogP contribution is 2.29. The molecule has 1 saturated carbocycles. The summed E-state index contributed by atoms with van der Waals surface area (Å²) in [5, 5.41) is 4.06. The van der Waals surface area contributed by atoms with Gasteiger partial charge in [-0.15, -0.1) is 0 Å². The molecular weight excluding hydrogens is 294 g/mol. The van der Waals surface area contributed by atoms with E-state index in [1.165, 1.54) is 32.1 Å². The van der Waals surface area contributed by atoms with Crippen LogP contribution in [0.25, 0.3) is 0 Å². The number of amides is 1. The molecule has 1 aliphatic heterocycles. The highest BCUT2D eigenvalue weighted by Gasteiger charge is 2.29. The Bertz CT molecular complexity index is 511. The summed E-state index contributed by atoms with van der Waals surface area (Å²) in [5.74, 6) is 2.31. The molecule has 2 fully saturated rings. The summed E-state index contributed by atoms with van der Waals surface area (Å²) >= 11 is 0. The maximum Gasteiger partial charge on any atom is 0.252 e. The zero-order chi connectivity index (χ0) is 16.1. The molecular formula is C17H27N3O3. The molecule has 0 bridgehead atoms. The van der Waals surface area contributed by atoms with Crippen LogP contribution in [0.4, 0.5) is 0 Å². The molecule has 3 rings (SSSR count). The van der Waals surface area contributed by atoms with Gasteiger partial charge in [-0.2, -0.15) is 4.98 Å². The minimum atomic E-state index is 0.188. The first-order valence-corrected chi connectivity index (χ1v) is 8.85. The summed E-state index contributed by atoms with van der Waals surface area (Å²) in [6.45, 7) is 1.92. The fourth-order valence-corrected chi connectivity index (χ4v) is 3.80. The van der Waals surface area contributed by atoms with Crippen LogP contribution in [-0.2, 0) is 16.1 Å². The average molecular weight is 321 g/mol. The molecule has 0 aromatic carbocycles. The predicted molar refractivity (Wildman–Crippen MR) is 84.8 cm³/mol. The van der Waals surface area contributed by atoms with E-state index in [9.17, 15) is 4.79 Å². The Balaban J connectivity index is 1.55. The van der Waals surface area contributed by atoms with Crippen molar-refractivity contribution in [3.8, 4) is 0 Å². The van der Waals surface area contributed by atoms with E-state index in [0.29, 0.717) is 36.6 Å². The van der Waals surface area contributed by atoms with Crippen molar-refractivity contribution in [2.45, 2.75) is 63.9 Å². The Labute approximate surface area is 137 Å². The van der Waals surface area contributed by atoms with Gasteiger partial charge < -0.3 is 14.2 Å². The molecule has 23 heavy (non-hydrogen) atoms. The van der Waals surface area contributed by atoms with Gasteiger partial charge in [-0.1, -0.05) is 24.4 Å². The number of nitrogens with zero attached hydrogens (tertiary/aromatic N) is 3. The molecule has 1 aromatic heterocycles. The molecule has 6 heteroatoms. The van der Waals surface area contributed by atoms with Crippen LogP contribution in [0.5, 0.6) is 0 Å². The first-order chi connectivity index (χ1) is 11.3. The molecule has 0 spiro atoms. The Kier molecular flexibility index (Phi) is 5.65. The van der Waals surface area contributed by atoms with E-state index in [1.54, 1.807) is 7.11 Å². The van der Waals surface area contributed by atoms with Gasteiger partial charge in [0.05, 0.1) is 0 Å². The van der Waals surface area contributed by atoms with Crippen molar-refractivity contribution in [2.75, 3.05) is 20.2 Å². The molecule has 128 valence electrons. The van der Waals surface area contributed by atoms with Crippen molar-refractivity contribution in [1.29, 1.82) is 0 Å². The number of carbonyl (C=O) groups is 1. The molecule has 1 saturated heterocycles. The smallest absolute Gasteiger partial charge is 0.252 e. The van der Waals surface area contributed by atoms with Crippen LogP contribution in [0.2, 0.25) is 0 Å². The van der Waals surface area contributed by atoms with Crippen molar-refractivity contribution in [1.82, 2.24) is 15.0 Å². The third-order valence-corrected chi connectivity index (χ3v) is 5.08. The zero-order valence-electron chi connectivity index (χ0n) is 14.0. The van der Waals surface area contributed by atoms with E-state index in [4.69, 9.17) is 9.26 Å². The largest absolute Gasteiger partial charge is 0.375 e. The number of methoxy groups -OCH3 is 1. The molecule has 1 aromatic rings. The topological polar surface area (TPSA) is 68.5 Å². The van der Waals surface area contributed by atoms with Crippen LogP contribution in [0.15, 0.2) is 4.52 Å². The summed E-state index contributed by atoms with van der Waals surface area (Å²) in [7, 11) is 1.61. The van der Waals surface area contributed by atoms with Crippen LogP contribution >= 0.6 is 0 Å². The second kappa shape index (κ2) is 7.90. The van der Waals surface area contributed by atoms with Crippen LogP contribution in [0.1, 0.15) is 69.0 Å². The maximum absolute atomic E-state index is 12.6. The third-order valence-electron chi connectivity index (χ3n) is 5.08. The highest BCUT2D eigenvalue weighted by atomic mass is 16.5. The number of ether oxygens (including phenoxy) is 1. The van der Waals surface area contributed by atoms with Crippen molar-refractivity contribution >= 4 is 5.91 Å². The minimum Gasteiger partial charge on any atom is -0.375 e. The first-order valence-electron chi connectivity index (χ1n) is 8.85. The monoisotopic (exact) mass is 321 g/mol. The van der Waals surface area contributed by atoms with Gasteiger partial charge in [0.25, 0.3) is 5.89 Å².